The summed E-state index contributed by atoms with van der Waals surface area (Å²) in [5.41, 5.74) is 5.13. The molecule has 4 heteroatoms. The molecule has 0 unspecified atom stereocenters. The van der Waals surface area contributed by atoms with Crippen LogP contribution in [0.3, 0.4) is 0 Å². The Kier molecular flexibility index (Phi) is 10.6. The number of unbranched alkanes of at least 4 members (excludes halogenated alkanes) is 5. The molecule has 0 aromatic heterocycles. The van der Waals surface area contributed by atoms with E-state index in [1.54, 1.807) is 0 Å². The van der Waals surface area contributed by atoms with Crippen LogP contribution >= 0.6 is 0 Å². The molecular weight excluding hydrogens is 302 g/mol. The van der Waals surface area contributed by atoms with Crippen molar-refractivity contribution in [3.8, 4) is 0 Å². The fourth-order valence-electron chi connectivity index (χ4n) is 3.53. The monoisotopic (exact) mass is 337 g/mol. The Morgan fingerprint density at radius 2 is 2.00 bits per heavy atom. The van der Waals surface area contributed by atoms with Crippen LogP contribution in [0, 0.1) is 11.8 Å². The van der Waals surface area contributed by atoms with E-state index in [-0.39, 0.29) is 17.9 Å². The molecule has 0 aliphatic heterocycles. The zero-order valence-electron chi connectivity index (χ0n) is 15.2. The molecule has 0 aromatic rings. The van der Waals surface area contributed by atoms with Gasteiger partial charge in [0.05, 0.1) is 6.10 Å². The molecule has 138 valence electrons. The highest BCUT2D eigenvalue weighted by Gasteiger charge is 2.32. The van der Waals surface area contributed by atoms with Gasteiger partial charge in [0.2, 0.25) is 5.91 Å². The predicted molar refractivity (Wildman–Crippen MR) is 97.4 cm³/mol. The first-order valence-electron chi connectivity index (χ1n) is 9.72. The second-order valence-electron chi connectivity index (χ2n) is 7.14. The highest BCUT2D eigenvalue weighted by Crippen LogP contribution is 2.34. The molecule has 0 heterocycles. The van der Waals surface area contributed by atoms with Gasteiger partial charge in [-0.1, -0.05) is 57.6 Å². The van der Waals surface area contributed by atoms with E-state index in [2.05, 4.69) is 13.0 Å². The Morgan fingerprint density at radius 1 is 1.25 bits per heavy atom. The van der Waals surface area contributed by atoms with E-state index in [1.165, 1.54) is 0 Å². The molecule has 1 rings (SSSR count). The molecule has 0 bridgehead atoms. The summed E-state index contributed by atoms with van der Waals surface area (Å²) in [6.45, 7) is 2.16. The largest absolute Gasteiger partial charge is 0.389 e. The third kappa shape index (κ3) is 8.62. The highest BCUT2D eigenvalue weighted by molar-refractivity contribution is 5.83. The lowest BCUT2D eigenvalue weighted by molar-refractivity contribution is -0.121. The van der Waals surface area contributed by atoms with E-state index < -0.39 is 0 Å². The molecule has 3 atom stereocenters. The molecule has 4 nitrogen and oxygen atoms in total. The number of rotatable bonds is 13. The zero-order valence-corrected chi connectivity index (χ0v) is 15.2. The summed E-state index contributed by atoms with van der Waals surface area (Å²) in [6.07, 6.45) is 14.7. The number of hydrogen-bond acceptors (Lipinski definition) is 3. The summed E-state index contributed by atoms with van der Waals surface area (Å²) in [6, 6.07) is 0. The Morgan fingerprint density at radius 3 is 2.71 bits per heavy atom. The van der Waals surface area contributed by atoms with E-state index in [0.29, 0.717) is 24.5 Å². The van der Waals surface area contributed by atoms with Gasteiger partial charge in [-0.05, 0) is 31.6 Å². The maximum Gasteiger partial charge on any atom is 0.217 e. The Balaban J connectivity index is 2.28. The van der Waals surface area contributed by atoms with Crippen molar-refractivity contribution < 1.29 is 14.7 Å². The van der Waals surface area contributed by atoms with Gasteiger partial charge in [0, 0.05) is 18.8 Å². The van der Waals surface area contributed by atoms with Crippen molar-refractivity contribution in [2.24, 2.45) is 17.6 Å². The third-order valence-electron chi connectivity index (χ3n) is 5.03. The molecule has 24 heavy (non-hydrogen) atoms. The van der Waals surface area contributed by atoms with Crippen LogP contribution in [0.2, 0.25) is 0 Å². The van der Waals surface area contributed by atoms with E-state index in [4.69, 9.17) is 5.73 Å². The minimum Gasteiger partial charge on any atom is -0.389 e. The molecule has 1 fully saturated rings. The first-order valence-corrected chi connectivity index (χ1v) is 9.72. The molecule has 0 radical (unpaired) electrons. The second-order valence-corrected chi connectivity index (χ2v) is 7.14. The number of hydrogen-bond donors (Lipinski definition) is 2. The van der Waals surface area contributed by atoms with Gasteiger partial charge in [0.15, 0.2) is 0 Å². The van der Waals surface area contributed by atoms with Crippen molar-refractivity contribution in [2.75, 3.05) is 0 Å². The molecular formula is C20H35NO3. The summed E-state index contributed by atoms with van der Waals surface area (Å²) in [4.78, 5) is 22.8. The van der Waals surface area contributed by atoms with Crippen LogP contribution in [0.15, 0.2) is 12.2 Å². The van der Waals surface area contributed by atoms with Gasteiger partial charge in [-0.15, -0.1) is 0 Å². The second kappa shape index (κ2) is 12.2. The van der Waals surface area contributed by atoms with Gasteiger partial charge in [0.1, 0.15) is 5.78 Å². The van der Waals surface area contributed by atoms with E-state index in [1.807, 2.05) is 6.08 Å². The fraction of sp³-hybridized carbons (Fsp3) is 0.800. The molecule has 1 saturated carbocycles. The minimum atomic E-state index is -0.373. The predicted octanol–water partition coefficient (Wildman–Crippen LogP) is 3.91. The van der Waals surface area contributed by atoms with Crippen molar-refractivity contribution in [1.82, 2.24) is 0 Å². The number of carbonyl (C=O) groups is 2. The third-order valence-corrected chi connectivity index (χ3v) is 5.03. The Labute approximate surface area is 146 Å². The van der Waals surface area contributed by atoms with Crippen molar-refractivity contribution in [1.29, 1.82) is 0 Å². The number of allylic oxidation sites excluding steroid dienone is 1. The average molecular weight is 338 g/mol. The van der Waals surface area contributed by atoms with Crippen molar-refractivity contribution >= 4 is 11.7 Å². The van der Waals surface area contributed by atoms with Crippen LogP contribution in [0.5, 0.6) is 0 Å². The summed E-state index contributed by atoms with van der Waals surface area (Å²) in [5.74, 6) is 0.565. The van der Waals surface area contributed by atoms with E-state index in [9.17, 15) is 14.7 Å². The summed E-state index contributed by atoms with van der Waals surface area (Å²) in [7, 11) is 0. The van der Waals surface area contributed by atoms with Gasteiger partial charge < -0.3 is 10.8 Å². The lowest BCUT2D eigenvalue weighted by Crippen LogP contribution is -2.14. The normalized spacial score (nSPS) is 22.3. The lowest BCUT2D eigenvalue weighted by atomic mass is 9.89. The van der Waals surface area contributed by atoms with Gasteiger partial charge in [-0.2, -0.15) is 0 Å². The highest BCUT2D eigenvalue weighted by atomic mass is 16.3. The quantitative estimate of drug-likeness (QED) is 0.395. The molecule has 1 aliphatic carbocycles. The summed E-state index contributed by atoms with van der Waals surface area (Å²) >= 11 is 0. The maximum absolute atomic E-state index is 12.1. The van der Waals surface area contributed by atoms with Crippen LogP contribution in [-0.4, -0.2) is 22.9 Å². The standard InChI is InChI=1S/C20H35NO3/c1-2-3-6-9-17(22)14-12-16-13-15-19(23)18(16)10-7-4-5-8-11-20(21)24/h12,14,16-18,22H,2-11,13,15H2,1H3,(H2,21,24)/b14-12+/t16-,17-,18+/m0/s1. The average Bonchev–Trinajstić information content (AvgIpc) is 2.89. The maximum atomic E-state index is 12.1. The summed E-state index contributed by atoms with van der Waals surface area (Å²) in [5, 5.41) is 10.00. The number of ketones is 1. The summed E-state index contributed by atoms with van der Waals surface area (Å²) < 4.78 is 0. The van der Waals surface area contributed by atoms with Gasteiger partial charge in [-0.3, -0.25) is 9.59 Å². The van der Waals surface area contributed by atoms with Crippen molar-refractivity contribution in [3.05, 3.63) is 12.2 Å². The molecule has 1 amide bonds. The van der Waals surface area contributed by atoms with E-state index in [0.717, 1.165) is 64.2 Å². The number of aliphatic hydroxyl groups is 1. The molecule has 0 saturated heterocycles. The van der Waals surface area contributed by atoms with Crippen molar-refractivity contribution in [3.63, 3.8) is 0 Å². The van der Waals surface area contributed by atoms with Crippen LogP contribution in [0.4, 0.5) is 0 Å². The van der Waals surface area contributed by atoms with Crippen LogP contribution in [-0.2, 0) is 9.59 Å². The number of primary amides is 1. The molecule has 0 spiro atoms. The van der Waals surface area contributed by atoms with Gasteiger partial charge in [-0.25, -0.2) is 0 Å². The van der Waals surface area contributed by atoms with Crippen LogP contribution in [0.25, 0.3) is 0 Å². The lowest BCUT2D eigenvalue weighted by Gasteiger charge is -2.15. The van der Waals surface area contributed by atoms with Gasteiger partial charge >= 0.3 is 0 Å². The number of aliphatic hydroxyl groups excluding tert-OH is 1. The molecule has 0 aromatic carbocycles. The number of Topliss-reactive ketones (excluding diaryl/α,β-unsaturated/α-hetero) is 1. The fourth-order valence-corrected chi connectivity index (χ4v) is 3.53. The molecule has 3 N–H and O–H groups in total. The first-order chi connectivity index (χ1) is 11.5. The molecule has 1 aliphatic rings. The first kappa shape index (κ1) is 20.9. The van der Waals surface area contributed by atoms with Crippen molar-refractivity contribution in [2.45, 2.75) is 90.1 Å². The number of carbonyl (C=O) groups excluding carboxylic acids is 2. The topological polar surface area (TPSA) is 80.4 Å². The Hall–Kier alpha value is -1.16. The minimum absolute atomic E-state index is 0.125. The number of nitrogens with two attached hydrogens (primary N) is 1. The SMILES string of the molecule is CCCCC[C@H](O)/C=C/[C@H]1CCC(=O)[C@@H]1CCCCCCC(N)=O. The van der Waals surface area contributed by atoms with Gasteiger partial charge in [0.25, 0.3) is 0 Å². The number of amides is 1. The zero-order chi connectivity index (χ0) is 17.8. The van der Waals surface area contributed by atoms with Crippen LogP contribution < -0.4 is 5.73 Å². The smallest absolute Gasteiger partial charge is 0.217 e. The Bertz CT molecular complexity index is 406. The van der Waals surface area contributed by atoms with Crippen LogP contribution in [0.1, 0.15) is 84.0 Å². The van der Waals surface area contributed by atoms with E-state index >= 15 is 0 Å².